The molecule has 2 N–H and O–H groups in total. The van der Waals surface area contributed by atoms with Gasteiger partial charge in [-0.2, -0.15) is 13.2 Å². The van der Waals surface area contributed by atoms with Gasteiger partial charge in [0.25, 0.3) is 15.9 Å². The Balaban J connectivity index is 1.88. The van der Waals surface area contributed by atoms with Crippen LogP contribution in [0.2, 0.25) is 5.02 Å². The van der Waals surface area contributed by atoms with Crippen molar-refractivity contribution in [3.63, 3.8) is 0 Å². The van der Waals surface area contributed by atoms with E-state index in [0.717, 1.165) is 31.0 Å². The van der Waals surface area contributed by atoms with Gasteiger partial charge in [0.2, 0.25) is 0 Å². The molecule has 0 unspecified atom stereocenters. The highest BCUT2D eigenvalue weighted by Crippen LogP contribution is 2.31. The van der Waals surface area contributed by atoms with Crippen molar-refractivity contribution < 1.29 is 26.4 Å². The quantitative estimate of drug-likeness (QED) is 0.769. The van der Waals surface area contributed by atoms with Gasteiger partial charge >= 0.3 is 6.18 Å². The minimum Gasteiger partial charge on any atom is -0.349 e. The van der Waals surface area contributed by atoms with Gasteiger partial charge in [0.15, 0.2) is 0 Å². The summed E-state index contributed by atoms with van der Waals surface area (Å²) >= 11 is 5.98. The predicted molar refractivity (Wildman–Crippen MR) is 94.2 cm³/mol. The van der Waals surface area contributed by atoms with Gasteiger partial charge in [-0.15, -0.1) is 0 Å². The number of alkyl halides is 3. The molecule has 1 fully saturated rings. The number of anilines is 1. The van der Waals surface area contributed by atoms with E-state index in [-0.39, 0.29) is 27.2 Å². The second-order valence-corrected chi connectivity index (χ2v) is 8.16. The van der Waals surface area contributed by atoms with Crippen molar-refractivity contribution in [2.75, 3.05) is 4.72 Å². The third-order valence-electron chi connectivity index (χ3n) is 3.85. The Morgan fingerprint density at radius 1 is 1.11 bits per heavy atom. The van der Waals surface area contributed by atoms with E-state index in [4.69, 9.17) is 11.6 Å². The number of hydrogen-bond acceptors (Lipinski definition) is 3. The normalized spacial score (nSPS) is 14.7. The van der Waals surface area contributed by atoms with Crippen LogP contribution in [0.15, 0.2) is 47.4 Å². The zero-order valence-corrected chi connectivity index (χ0v) is 15.3. The van der Waals surface area contributed by atoms with Crippen molar-refractivity contribution in [3.8, 4) is 0 Å². The maximum absolute atomic E-state index is 12.8. The van der Waals surface area contributed by atoms with Crippen molar-refractivity contribution in [2.24, 2.45) is 0 Å². The largest absolute Gasteiger partial charge is 0.416 e. The lowest BCUT2D eigenvalue weighted by Gasteiger charge is -2.12. The molecule has 0 aromatic heterocycles. The number of carbonyl (C=O) groups excluding carboxylic acids is 1. The van der Waals surface area contributed by atoms with Gasteiger partial charge in [0.05, 0.1) is 21.0 Å². The number of carbonyl (C=O) groups is 1. The molecule has 0 bridgehead atoms. The lowest BCUT2D eigenvalue weighted by Crippen LogP contribution is -2.26. The number of halogens is 4. The zero-order chi connectivity index (χ0) is 19.8. The molecule has 2 aromatic rings. The lowest BCUT2D eigenvalue weighted by atomic mass is 10.2. The summed E-state index contributed by atoms with van der Waals surface area (Å²) in [6, 6.07) is 7.39. The van der Waals surface area contributed by atoms with E-state index >= 15 is 0 Å². The highest BCUT2D eigenvalue weighted by Gasteiger charge is 2.31. The fourth-order valence-electron chi connectivity index (χ4n) is 2.31. The van der Waals surface area contributed by atoms with E-state index in [2.05, 4.69) is 10.0 Å². The van der Waals surface area contributed by atoms with E-state index in [1.165, 1.54) is 18.2 Å². The fourth-order valence-corrected chi connectivity index (χ4v) is 3.59. The summed E-state index contributed by atoms with van der Waals surface area (Å²) in [5.41, 5.74) is -1.25. The topological polar surface area (TPSA) is 75.3 Å². The van der Waals surface area contributed by atoms with Gasteiger partial charge in [0, 0.05) is 11.7 Å². The summed E-state index contributed by atoms with van der Waals surface area (Å²) in [5.74, 6) is -0.501. The summed E-state index contributed by atoms with van der Waals surface area (Å²) in [4.78, 5) is 11.9. The maximum atomic E-state index is 12.8. The van der Waals surface area contributed by atoms with Crippen LogP contribution in [0.5, 0.6) is 0 Å². The van der Waals surface area contributed by atoms with Crippen LogP contribution >= 0.6 is 11.6 Å². The molecule has 1 amide bonds. The number of rotatable bonds is 5. The average Bonchev–Trinajstić information content (AvgIpc) is 3.38. The van der Waals surface area contributed by atoms with Crippen LogP contribution in [0.3, 0.4) is 0 Å². The molecule has 1 aliphatic carbocycles. The minimum atomic E-state index is -4.60. The second kappa shape index (κ2) is 7.05. The van der Waals surface area contributed by atoms with Gasteiger partial charge in [0.1, 0.15) is 0 Å². The molecule has 0 aliphatic heterocycles. The van der Waals surface area contributed by atoms with E-state index in [9.17, 15) is 26.4 Å². The number of benzene rings is 2. The molecule has 1 aliphatic rings. The van der Waals surface area contributed by atoms with E-state index in [1.807, 2.05) is 0 Å². The van der Waals surface area contributed by atoms with Crippen LogP contribution < -0.4 is 10.0 Å². The Morgan fingerprint density at radius 3 is 2.44 bits per heavy atom. The molecule has 3 rings (SSSR count). The standard InChI is InChI=1S/C17H14ClF3N2O3S/c18-15-7-6-13(9-14(15)16(24)22-11-4-5-11)27(25,26)23-12-3-1-2-10(8-12)17(19,20)21/h1-3,6-9,11,23H,4-5H2,(H,22,24). The summed E-state index contributed by atoms with van der Waals surface area (Å²) in [5, 5.41) is 2.77. The highest BCUT2D eigenvalue weighted by molar-refractivity contribution is 7.92. The maximum Gasteiger partial charge on any atom is 0.416 e. The molecular weight excluding hydrogens is 405 g/mol. The van der Waals surface area contributed by atoms with Crippen molar-refractivity contribution in [2.45, 2.75) is 30.0 Å². The Kier molecular flexibility index (Phi) is 5.09. The molecule has 5 nitrogen and oxygen atoms in total. The third kappa shape index (κ3) is 4.72. The van der Waals surface area contributed by atoms with Crippen LogP contribution in [0.1, 0.15) is 28.8 Å². The number of amides is 1. The zero-order valence-electron chi connectivity index (χ0n) is 13.7. The van der Waals surface area contributed by atoms with Gasteiger partial charge in [-0.05, 0) is 49.2 Å². The number of sulfonamides is 1. The molecular formula is C17H14ClF3N2O3S. The number of hydrogen-bond donors (Lipinski definition) is 2. The first-order valence-corrected chi connectivity index (χ1v) is 9.73. The van der Waals surface area contributed by atoms with Crippen molar-refractivity contribution in [1.82, 2.24) is 5.32 Å². The average molecular weight is 419 g/mol. The first-order chi connectivity index (χ1) is 12.6. The van der Waals surface area contributed by atoms with Crippen LogP contribution in [0.4, 0.5) is 18.9 Å². The number of nitrogens with one attached hydrogen (secondary N) is 2. The van der Waals surface area contributed by atoms with E-state index in [1.54, 1.807) is 0 Å². The summed E-state index contributed by atoms with van der Waals surface area (Å²) in [7, 11) is -4.22. The molecule has 0 spiro atoms. The monoisotopic (exact) mass is 418 g/mol. The van der Waals surface area contributed by atoms with Gasteiger partial charge < -0.3 is 5.32 Å². The molecule has 0 radical (unpaired) electrons. The molecule has 10 heteroatoms. The lowest BCUT2D eigenvalue weighted by molar-refractivity contribution is -0.137. The second-order valence-electron chi connectivity index (χ2n) is 6.07. The van der Waals surface area contributed by atoms with Crippen LogP contribution in [-0.2, 0) is 16.2 Å². The first kappa shape index (κ1) is 19.5. The SMILES string of the molecule is O=C(NC1CC1)c1cc(S(=O)(=O)Nc2cccc(C(F)(F)F)c2)ccc1Cl. The molecule has 0 saturated heterocycles. The van der Waals surface area contributed by atoms with Gasteiger partial charge in [-0.3, -0.25) is 9.52 Å². The van der Waals surface area contributed by atoms with Crippen molar-refractivity contribution >= 4 is 33.2 Å². The Morgan fingerprint density at radius 2 is 1.81 bits per heavy atom. The van der Waals surface area contributed by atoms with E-state index in [0.29, 0.717) is 6.07 Å². The molecule has 0 heterocycles. The molecule has 27 heavy (non-hydrogen) atoms. The van der Waals surface area contributed by atoms with Gasteiger partial charge in [-0.1, -0.05) is 17.7 Å². The Bertz CT molecular complexity index is 989. The highest BCUT2D eigenvalue weighted by atomic mass is 35.5. The molecule has 2 aromatic carbocycles. The predicted octanol–water partition coefficient (Wildman–Crippen LogP) is 4.05. The fraction of sp³-hybridized carbons (Fsp3) is 0.235. The summed E-state index contributed by atoms with van der Waals surface area (Å²) in [6.45, 7) is 0. The smallest absolute Gasteiger partial charge is 0.349 e. The first-order valence-electron chi connectivity index (χ1n) is 7.87. The van der Waals surface area contributed by atoms with Crippen molar-refractivity contribution in [3.05, 3.63) is 58.6 Å². The summed E-state index contributed by atoms with van der Waals surface area (Å²) < 4.78 is 65.5. The van der Waals surface area contributed by atoms with Crippen molar-refractivity contribution in [1.29, 1.82) is 0 Å². The van der Waals surface area contributed by atoms with Crippen LogP contribution in [0.25, 0.3) is 0 Å². The Hall–Kier alpha value is -2.26. The molecule has 144 valence electrons. The van der Waals surface area contributed by atoms with Gasteiger partial charge in [-0.25, -0.2) is 8.42 Å². The molecule has 0 atom stereocenters. The third-order valence-corrected chi connectivity index (χ3v) is 5.56. The molecule has 1 saturated carbocycles. The summed E-state index contributed by atoms with van der Waals surface area (Å²) in [6.07, 6.45) is -2.91. The van der Waals surface area contributed by atoms with Crippen LogP contribution in [0, 0.1) is 0 Å². The Labute approximate surface area is 158 Å². The van der Waals surface area contributed by atoms with Crippen LogP contribution in [-0.4, -0.2) is 20.4 Å². The minimum absolute atomic E-state index is 0.0181. The van der Waals surface area contributed by atoms with E-state index < -0.39 is 27.7 Å².